The van der Waals surface area contributed by atoms with E-state index in [-0.39, 0.29) is 17.5 Å². The van der Waals surface area contributed by atoms with E-state index in [0.717, 1.165) is 0 Å². The fourth-order valence-electron chi connectivity index (χ4n) is 2.50. The van der Waals surface area contributed by atoms with E-state index in [1.54, 1.807) is 22.9 Å². The van der Waals surface area contributed by atoms with Crippen molar-refractivity contribution in [3.63, 3.8) is 0 Å². The molecule has 3 rings (SSSR count). The first kappa shape index (κ1) is 14.3. The Bertz CT molecular complexity index is 739. The van der Waals surface area contributed by atoms with E-state index in [2.05, 4.69) is 15.5 Å². The summed E-state index contributed by atoms with van der Waals surface area (Å²) in [6, 6.07) is 5.14. The van der Waals surface area contributed by atoms with Crippen molar-refractivity contribution in [2.75, 3.05) is 17.2 Å². The lowest BCUT2D eigenvalue weighted by Gasteiger charge is -2.23. The standard InChI is InChI=1S/C12H14ClN5O2S/c13-9-2-1-3-10(14)11(9)12-15-16-17-18(12)8-4-6-21(19,20)7-5-8/h1-3,8H,4-7,14H2. The maximum atomic E-state index is 11.5. The molecule has 9 heteroatoms. The fraction of sp³-hybridized carbons (Fsp3) is 0.417. The summed E-state index contributed by atoms with van der Waals surface area (Å²) in [5, 5.41) is 12.2. The molecule has 1 saturated heterocycles. The molecule has 0 bridgehead atoms. The van der Waals surface area contributed by atoms with Gasteiger partial charge in [0.15, 0.2) is 5.82 Å². The summed E-state index contributed by atoms with van der Waals surface area (Å²) in [4.78, 5) is 0. The van der Waals surface area contributed by atoms with E-state index in [4.69, 9.17) is 17.3 Å². The molecule has 0 radical (unpaired) electrons. The Morgan fingerprint density at radius 2 is 2.00 bits per heavy atom. The zero-order chi connectivity index (χ0) is 15.0. The van der Waals surface area contributed by atoms with Crippen molar-refractivity contribution in [1.29, 1.82) is 0 Å². The van der Waals surface area contributed by atoms with Crippen LogP contribution in [-0.2, 0) is 9.84 Å². The zero-order valence-electron chi connectivity index (χ0n) is 11.1. The fourth-order valence-corrected chi connectivity index (χ4v) is 4.24. The van der Waals surface area contributed by atoms with Crippen LogP contribution in [0.15, 0.2) is 18.2 Å². The summed E-state index contributed by atoms with van der Waals surface area (Å²) >= 11 is 6.19. The normalized spacial score (nSPS) is 18.7. The van der Waals surface area contributed by atoms with Gasteiger partial charge in [-0.1, -0.05) is 17.7 Å². The lowest BCUT2D eigenvalue weighted by atomic mass is 10.1. The van der Waals surface area contributed by atoms with Crippen molar-refractivity contribution in [2.24, 2.45) is 0 Å². The molecule has 0 unspecified atom stereocenters. The van der Waals surface area contributed by atoms with Crippen molar-refractivity contribution in [1.82, 2.24) is 20.2 Å². The monoisotopic (exact) mass is 327 g/mol. The highest BCUT2D eigenvalue weighted by Gasteiger charge is 2.28. The number of hydrogen-bond donors (Lipinski definition) is 1. The Morgan fingerprint density at radius 3 is 2.67 bits per heavy atom. The smallest absolute Gasteiger partial charge is 0.185 e. The second kappa shape index (κ2) is 5.27. The molecule has 0 aliphatic carbocycles. The highest BCUT2D eigenvalue weighted by atomic mass is 35.5. The quantitative estimate of drug-likeness (QED) is 0.834. The van der Waals surface area contributed by atoms with Gasteiger partial charge in [-0.3, -0.25) is 0 Å². The van der Waals surface area contributed by atoms with Crippen molar-refractivity contribution < 1.29 is 8.42 Å². The van der Waals surface area contributed by atoms with Gasteiger partial charge in [0.2, 0.25) is 0 Å². The molecule has 1 aromatic carbocycles. The van der Waals surface area contributed by atoms with Crippen LogP contribution in [0.2, 0.25) is 5.02 Å². The summed E-state index contributed by atoms with van der Waals surface area (Å²) in [5.41, 5.74) is 7.03. The molecule has 1 aliphatic rings. The average Bonchev–Trinajstić information content (AvgIpc) is 2.88. The summed E-state index contributed by atoms with van der Waals surface area (Å²) in [6.07, 6.45) is 0.982. The van der Waals surface area contributed by atoms with Crippen LogP contribution >= 0.6 is 11.6 Å². The van der Waals surface area contributed by atoms with Gasteiger partial charge in [0, 0.05) is 5.69 Å². The Kier molecular flexibility index (Phi) is 3.58. The average molecular weight is 328 g/mol. The molecule has 1 fully saturated rings. The summed E-state index contributed by atoms with van der Waals surface area (Å²) in [6.45, 7) is 0. The number of anilines is 1. The minimum Gasteiger partial charge on any atom is -0.398 e. The molecule has 112 valence electrons. The molecule has 21 heavy (non-hydrogen) atoms. The summed E-state index contributed by atoms with van der Waals surface area (Å²) < 4.78 is 24.7. The van der Waals surface area contributed by atoms with E-state index >= 15 is 0 Å². The Morgan fingerprint density at radius 1 is 1.29 bits per heavy atom. The van der Waals surface area contributed by atoms with Crippen LogP contribution in [0.5, 0.6) is 0 Å². The molecule has 2 N–H and O–H groups in total. The number of nitrogen functional groups attached to an aromatic ring is 1. The molecule has 0 spiro atoms. The maximum Gasteiger partial charge on any atom is 0.185 e. The number of aromatic nitrogens is 4. The zero-order valence-corrected chi connectivity index (χ0v) is 12.7. The van der Waals surface area contributed by atoms with E-state index in [9.17, 15) is 8.42 Å². The van der Waals surface area contributed by atoms with Crippen molar-refractivity contribution in [3.8, 4) is 11.4 Å². The number of nitrogens with zero attached hydrogens (tertiary/aromatic N) is 4. The van der Waals surface area contributed by atoms with Crippen LogP contribution in [-0.4, -0.2) is 40.1 Å². The molecule has 1 aromatic heterocycles. The van der Waals surface area contributed by atoms with E-state index in [1.165, 1.54) is 0 Å². The third-order valence-corrected chi connectivity index (χ3v) is 5.66. The molecular weight excluding hydrogens is 314 g/mol. The first-order valence-corrected chi connectivity index (χ1v) is 8.70. The first-order valence-electron chi connectivity index (χ1n) is 6.50. The van der Waals surface area contributed by atoms with Crippen LogP contribution in [0.4, 0.5) is 5.69 Å². The van der Waals surface area contributed by atoms with Crippen molar-refractivity contribution in [2.45, 2.75) is 18.9 Å². The van der Waals surface area contributed by atoms with Crippen molar-refractivity contribution >= 4 is 27.1 Å². The van der Waals surface area contributed by atoms with Crippen molar-refractivity contribution in [3.05, 3.63) is 23.2 Å². The third kappa shape index (κ3) is 2.73. The van der Waals surface area contributed by atoms with Gasteiger partial charge in [-0.2, -0.15) is 0 Å². The largest absolute Gasteiger partial charge is 0.398 e. The number of nitrogens with two attached hydrogens (primary N) is 1. The minimum atomic E-state index is -2.93. The Hall–Kier alpha value is -1.67. The molecule has 1 aliphatic heterocycles. The van der Waals surface area contributed by atoms with Gasteiger partial charge in [-0.15, -0.1) is 5.10 Å². The number of halogens is 1. The lowest BCUT2D eigenvalue weighted by Crippen LogP contribution is -2.26. The second-order valence-electron chi connectivity index (χ2n) is 5.03. The van der Waals surface area contributed by atoms with Gasteiger partial charge in [-0.05, 0) is 35.4 Å². The van der Waals surface area contributed by atoms with Crippen LogP contribution in [0, 0.1) is 0 Å². The summed E-state index contributed by atoms with van der Waals surface area (Å²) in [5.74, 6) is 0.770. The van der Waals surface area contributed by atoms with E-state index in [0.29, 0.717) is 34.9 Å². The molecule has 7 nitrogen and oxygen atoms in total. The van der Waals surface area contributed by atoms with Gasteiger partial charge >= 0.3 is 0 Å². The van der Waals surface area contributed by atoms with Gasteiger partial charge in [-0.25, -0.2) is 13.1 Å². The van der Waals surface area contributed by atoms with E-state index < -0.39 is 9.84 Å². The number of hydrogen-bond acceptors (Lipinski definition) is 6. The molecule has 0 amide bonds. The number of rotatable bonds is 2. The first-order chi connectivity index (χ1) is 9.98. The van der Waals surface area contributed by atoms with Crippen LogP contribution in [0.25, 0.3) is 11.4 Å². The highest BCUT2D eigenvalue weighted by Crippen LogP contribution is 2.34. The molecule has 0 atom stereocenters. The topological polar surface area (TPSA) is 104 Å². The van der Waals surface area contributed by atoms with Gasteiger partial charge in [0.1, 0.15) is 9.84 Å². The minimum absolute atomic E-state index is 0.0609. The molecule has 2 heterocycles. The Balaban J connectivity index is 1.99. The van der Waals surface area contributed by atoms with Crippen LogP contribution in [0.1, 0.15) is 18.9 Å². The highest BCUT2D eigenvalue weighted by molar-refractivity contribution is 7.91. The predicted molar refractivity (Wildman–Crippen MR) is 79.6 cm³/mol. The molecular formula is C12H14ClN5O2S. The van der Waals surface area contributed by atoms with Gasteiger partial charge in [0.05, 0.1) is 28.1 Å². The van der Waals surface area contributed by atoms with Gasteiger partial charge in [0.25, 0.3) is 0 Å². The number of tetrazole rings is 1. The predicted octanol–water partition coefficient (Wildman–Crippen LogP) is 1.33. The maximum absolute atomic E-state index is 11.5. The SMILES string of the molecule is Nc1cccc(Cl)c1-c1nnnn1C1CCS(=O)(=O)CC1. The molecule has 0 saturated carbocycles. The number of benzene rings is 1. The molecule has 2 aromatic rings. The number of sulfone groups is 1. The van der Waals surface area contributed by atoms with E-state index in [1.807, 2.05) is 0 Å². The Labute approximate surface area is 127 Å². The summed E-state index contributed by atoms with van der Waals surface area (Å²) in [7, 11) is -2.93. The second-order valence-corrected chi connectivity index (χ2v) is 7.74. The van der Waals surface area contributed by atoms with Gasteiger partial charge < -0.3 is 5.73 Å². The third-order valence-electron chi connectivity index (χ3n) is 3.63. The van der Waals surface area contributed by atoms with Crippen LogP contribution in [0.3, 0.4) is 0 Å². The lowest BCUT2D eigenvalue weighted by molar-refractivity contribution is 0.408. The van der Waals surface area contributed by atoms with Crippen LogP contribution < -0.4 is 5.73 Å².